The number of rotatable bonds is 3. The second kappa shape index (κ2) is 4.78. The first kappa shape index (κ1) is 11.3. The Bertz CT molecular complexity index is 529. The summed E-state index contributed by atoms with van der Waals surface area (Å²) in [5, 5.41) is 2.91. The number of hydrogen-bond donors (Lipinski definition) is 2. The van der Waals surface area contributed by atoms with Gasteiger partial charge in [0.25, 0.3) is 0 Å². The molecule has 17 heavy (non-hydrogen) atoms. The lowest BCUT2D eigenvalue weighted by Crippen LogP contribution is -2.04. The van der Waals surface area contributed by atoms with Crippen molar-refractivity contribution in [3.05, 3.63) is 53.6 Å². The molecular weight excluding hydrogens is 224 g/mol. The molecule has 0 aliphatic carbocycles. The van der Waals surface area contributed by atoms with Gasteiger partial charge in [0.05, 0.1) is 0 Å². The highest BCUT2D eigenvalue weighted by Gasteiger charge is 2.03. The number of pyridine rings is 1. The Kier molecular flexibility index (Phi) is 3.18. The van der Waals surface area contributed by atoms with Crippen molar-refractivity contribution in [3.63, 3.8) is 0 Å². The predicted octanol–water partition coefficient (Wildman–Crippen LogP) is 2.55. The third-order valence-electron chi connectivity index (χ3n) is 2.25. The summed E-state index contributed by atoms with van der Waals surface area (Å²) in [6, 6.07) is 8.58. The molecule has 0 unspecified atom stereocenters. The molecule has 1 heterocycles. The molecule has 2 rings (SSSR count). The summed E-state index contributed by atoms with van der Waals surface area (Å²) in [6.07, 6.45) is 0. The Morgan fingerprint density at radius 3 is 2.71 bits per heavy atom. The Morgan fingerprint density at radius 2 is 2.00 bits per heavy atom. The van der Waals surface area contributed by atoms with Gasteiger partial charge in [0.15, 0.2) is 0 Å². The molecule has 3 nitrogen and oxygen atoms in total. The van der Waals surface area contributed by atoms with Gasteiger partial charge in [0.2, 0.25) is 0 Å². The molecular formula is C12H11F2N3. The van der Waals surface area contributed by atoms with E-state index in [2.05, 4.69) is 10.3 Å². The largest absolute Gasteiger partial charge is 0.384 e. The lowest BCUT2D eigenvalue weighted by atomic mass is 10.2. The summed E-state index contributed by atoms with van der Waals surface area (Å²) in [6.45, 7) is 0.225. The fourth-order valence-electron chi connectivity index (χ4n) is 1.40. The van der Waals surface area contributed by atoms with Crippen LogP contribution in [0.4, 0.5) is 20.4 Å². The average molecular weight is 235 g/mol. The van der Waals surface area contributed by atoms with Crippen LogP contribution in [0.3, 0.4) is 0 Å². The molecule has 0 aliphatic rings. The minimum atomic E-state index is -0.590. The summed E-state index contributed by atoms with van der Waals surface area (Å²) >= 11 is 0. The van der Waals surface area contributed by atoms with Crippen LogP contribution in [0.1, 0.15) is 5.56 Å². The molecule has 0 spiro atoms. The SMILES string of the molecule is Nc1cccc(NCc2ccc(F)cc2F)n1. The zero-order valence-electron chi connectivity index (χ0n) is 8.95. The number of halogens is 2. The van der Waals surface area contributed by atoms with Gasteiger partial charge in [-0.1, -0.05) is 12.1 Å². The molecule has 0 atom stereocenters. The van der Waals surface area contributed by atoms with Crippen LogP contribution in [0, 0.1) is 11.6 Å². The summed E-state index contributed by atoms with van der Waals surface area (Å²) < 4.78 is 26.0. The van der Waals surface area contributed by atoms with Crippen LogP contribution in [0.25, 0.3) is 0 Å². The van der Waals surface area contributed by atoms with E-state index < -0.39 is 11.6 Å². The van der Waals surface area contributed by atoms with Gasteiger partial charge < -0.3 is 11.1 Å². The minimum Gasteiger partial charge on any atom is -0.384 e. The molecule has 0 bridgehead atoms. The lowest BCUT2D eigenvalue weighted by Gasteiger charge is -2.07. The molecule has 5 heteroatoms. The second-order valence-electron chi connectivity index (χ2n) is 3.54. The quantitative estimate of drug-likeness (QED) is 0.859. The number of hydrogen-bond acceptors (Lipinski definition) is 3. The van der Waals surface area contributed by atoms with Crippen molar-refractivity contribution in [2.24, 2.45) is 0 Å². The van der Waals surface area contributed by atoms with Gasteiger partial charge in [-0.15, -0.1) is 0 Å². The Morgan fingerprint density at radius 1 is 1.18 bits per heavy atom. The van der Waals surface area contributed by atoms with Crippen LogP contribution in [-0.2, 0) is 6.54 Å². The number of anilines is 2. The predicted molar refractivity (Wildman–Crippen MR) is 62.3 cm³/mol. The molecule has 0 fully saturated rings. The number of nitrogens with one attached hydrogen (secondary N) is 1. The normalized spacial score (nSPS) is 10.2. The van der Waals surface area contributed by atoms with Crippen LogP contribution < -0.4 is 11.1 Å². The van der Waals surface area contributed by atoms with Crippen LogP contribution >= 0.6 is 0 Å². The average Bonchev–Trinajstić information content (AvgIpc) is 2.28. The van der Waals surface area contributed by atoms with Crippen molar-refractivity contribution in [2.45, 2.75) is 6.54 Å². The molecule has 0 amide bonds. The van der Waals surface area contributed by atoms with Crippen LogP contribution in [0.2, 0.25) is 0 Å². The van der Waals surface area contributed by atoms with Crippen LogP contribution in [0.15, 0.2) is 36.4 Å². The molecule has 0 saturated carbocycles. The van der Waals surface area contributed by atoms with Crippen molar-refractivity contribution < 1.29 is 8.78 Å². The summed E-state index contributed by atoms with van der Waals surface area (Å²) in [5.74, 6) is -0.238. The molecule has 0 radical (unpaired) electrons. The zero-order chi connectivity index (χ0) is 12.3. The first-order chi connectivity index (χ1) is 8.15. The molecule has 0 aliphatic heterocycles. The van der Waals surface area contributed by atoms with E-state index in [0.29, 0.717) is 17.2 Å². The van der Waals surface area contributed by atoms with Crippen molar-refractivity contribution in [1.29, 1.82) is 0 Å². The van der Waals surface area contributed by atoms with E-state index >= 15 is 0 Å². The summed E-state index contributed by atoms with van der Waals surface area (Å²) in [7, 11) is 0. The summed E-state index contributed by atoms with van der Waals surface area (Å²) in [4.78, 5) is 4.01. The van der Waals surface area contributed by atoms with Crippen LogP contribution in [-0.4, -0.2) is 4.98 Å². The standard InChI is InChI=1S/C12H11F2N3/c13-9-5-4-8(10(14)6-9)7-16-12-3-1-2-11(15)17-12/h1-6H,7H2,(H3,15,16,17). The van der Waals surface area contributed by atoms with Gasteiger partial charge in [-0.2, -0.15) is 0 Å². The van der Waals surface area contributed by atoms with Gasteiger partial charge in [-0.3, -0.25) is 0 Å². The first-order valence-corrected chi connectivity index (χ1v) is 5.05. The zero-order valence-corrected chi connectivity index (χ0v) is 8.95. The Hall–Kier alpha value is -2.17. The van der Waals surface area contributed by atoms with Gasteiger partial charge in [-0.05, 0) is 18.2 Å². The molecule has 2 aromatic rings. The maximum absolute atomic E-state index is 13.3. The smallest absolute Gasteiger partial charge is 0.131 e. The number of benzene rings is 1. The minimum absolute atomic E-state index is 0.225. The third kappa shape index (κ3) is 2.90. The van der Waals surface area contributed by atoms with Crippen molar-refractivity contribution in [3.8, 4) is 0 Å². The first-order valence-electron chi connectivity index (χ1n) is 5.05. The number of nitrogens with two attached hydrogens (primary N) is 1. The molecule has 1 aromatic carbocycles. The van der Waals surface area contributed by atoms with E-state index in [-0.39, 0.29) is 6.54 Å². The van der Waals surface area contributed by atoms with Gasteiger partial charge >= 0.3 is 0 Å². The highest BCUT2D eigenvalue weighted by atomic mass is 19.1. The maximum Gasteiger partial charge on any atom is 0.131 e. The maximum atomic E-state index is 13.3. The third-order valence-corrected chi connectivity index (χ3v) is 2.25. The van der Waals surface area contributed by atoms with Gasteiger partial charge in [-0.25, -0.2) is 13.8 Å². The highest BCUT2D eigenvalue weighted by Crippen LogP contribution is 2.12. The molecule has 3 N–H and O–H groups in total. The topological polar surface area (TPSA) is 50.9 Å². The van der Waals surface area contributed by atoms with E-state index in [4.69, 9.17) is 5.73 Å². The monoisotopic (exact) mass is 235 g/mol. The number of nitrogens with zero attached hydrogens (tertiary/aromatic N) is 1. The van der Waals surface area contributed by atoms with Gasteiger partial charge in [0.1, 0.15) is 23.3 Å². The van der Waals surface area contributed by atoms with Crippen LogP contribution in [0.5, 0.6) is 0 Å². The molecule has 88 valence electrons. The van der Waals surface area contributed by atoms with E-state index in [0.717, 1.165) is 6.07 Å². The molecule has 1 aromatic heterocycles. The Balaban J connectivity index is 2.07. The van der Waals surface area contributed by atoms with E-state index in [1.54, 1.807) is 18.2 Å². The lowest BCUT2D eigenvalue weighted by molar-refractivity contribution is 0.574. The highest BCUT2D eigenvalue weighted by molar-refractivity contribution is 5.42. The number of nitrogen functional groups attached to an aromatic ring is 1. The van der Waals surface area contributed by atoms with E-state index in [1.165, 1.54) is 12.1 Å². The van der Waals surface area contributed by atoms with E-state index in [1.807, 2.05) is 0 Å². The Labute approximate surface area is 97.3 Å². The fraction of sp³-hybridized carbons (Fsp3) is 0.0833. The molecule has 0 saturated heterocycles. The number of aromatic nitrogens is 1. The van der Waals surface area contributed by atoms with Gasteiger partial charge in [0, 0.05) is 18.2 Å². The second-order valence-corrected chi connectivity index (χ2v) is 3.54. The van der Waals surface area contributed by atoms with Crippen molar-refractivity contribution in [1.82, 2.24) is 4.98 Å². The fourth-order valence-corrected chi connectivity index (χ4v) is 1.40. The van der Waals surface area contributed by atoms with E-state index in [9.17, 15) is 8.78 Å². The van der Waals surface area contributed by atoms with Crippen molar-refractivity contribution >= 4 is 11.6 Å². The summed E-state index contributed by atoms with van der Waals surface area (Å²) in [5.41, 5.74) is 5.87. The van der Waals surface area contributed by atoms with Crippen molar-refractivity contribution in [2.75, 3.05) is 11.1 Å².